The largest absolute Gasteiger partial charge is 0.462 e. The maximum Gasteiger partial charge on any atom is 0.306 e. The Labute approximate surface area is 427 Å². The Kier molecular flexibility index (Phi) is 54.8. The number of hydrogen-bond donors (Lipinski definition) is 0. The highest BCUT2D eigenvalue weighted by molar-refractivity contribution is 5.71. The fraction of sp³-hybridized carbons (Fsp3) is 0.762. The van der Waals surface area contributed by atoms with E-state index < -0.39 is 6.10 Å². The van der Waals surface area contributed by atoms with E-state index in [4.69, 9.17) is 14.2 Å². The third-order valence-electron chi connectivity index (χ3n) is 12.7. The van der Waals surface area contributed by atoms with Gasteiger partial charge in [-0.25, -0.2) is 0 Å². The van der Waals surface area contributed by atoms with Crippen molar-refractivity contribution >= 4 is 17.9 Å². The van der Waals surface area contributed by atoms with Gasteiger partial charge < -0.3 is 14.2 Å². The summed E-state index contributed by atoms with van der Waals surface area (Å²) in [4.78, 5) is 38.1. The van der Waals surface area contributed by atoms with E-state index in [0.29, 0.717) is 19.3 Å². The monoisotopic (exact) mass is 963 g/mol. The van der Waals surface area contributed by atoms with Crippen molar-refractivity contribution in [1.82, 2.24) is 0 Å². The van der Waals surface area contributed by atoms with E-state index in [1.807, 2.05) is 0 Å². The number of rotatable bonds is 53. The van der Waals surface area contributed by atoms with Gasteiger partial charge in [0, 0.05) is 19.3 Å². The second-order valence-electron chi connectivity index (χ2n) is 19.6. The molecule has 0 aromatic carbocycles. The lowest BCUT2D eigenvalue weighted by Gasteiger charge is -2.18. The molecule has 0 bridgehead atoms. The smallest absolute Gasteiger partial charge is 0.306 e. The molecule has 1 unspecified atom stereocenters. The number of unbranched alkanes of at least 4 members (excludes halogenated alkanes) is 30. The van der Waals surface area contributed by atoms with Crippen LogP contribution in [0, 0.1) is 0 Å². The molecule has 0 rings (SSSR count). The highest BCUT2D eigenvalue weighted by Gasteiger charge is 2.19. The summed E-state index contributed by atoms with van der Waals surface area (Å²) in [6.07, 6.45) is 73.2. The summed E-state index contributed by atoms with van der Waals surface area (Å²) in [5.74, 6) is -0.897. The van der Waals surface area contributed by atoms with Crippen LogP contribution in [0.5, 0.6) is 0 Å². The molecule has 0 radical (unpaired) electrons. The van der Waals surface area contributed by atoms with Crippen molar-refractivity contribution < 1.29 is 28.6 Å². The first-order valence-corrected chi connectivity index (χ1v) is 29.4. The lowest BCUT2D eigenvalue weighted by atomic mass is 10.1. The molecule has 0 aromatic heterocycles. The SMILES string of the molecule is CCCCC/C=C\C/C=C\C/C=C\CCCCCCCCC(=O)OC(COC(=O)CCCCCCCCCCC)COC(=O)CCCCCCCCCC/C=C\C/C=C\C/C=C\CCCCCCC. The van der Waals surface area contributed by atoms with Crippen molar-refractivity contribution in [3.63, 3.8) is 0 Å². The van der Waals surface area contributed by atoms with Gasteiger partial charge in [0.1, 0.15) is 13.2 Å². The molecule has 0 saturated heterocycles. The zero-order valence-corrected chi connectivity index (χ0v) is 45.6. The van der Waals surface area contributed by atoms with E-state index in [-0.39, 0.29) is 31.1 Å². The summed E-state index contributed by atoms with van der Waals surface area (Å²) in [7, 11) is 0. The molecule has 0 aliphatic heterocycles. The Bertz CT molecular complexity index is 1290. The van der Waals surface area contributed by atoms with E-state index in [9.17, 15) is 14.4 Å². The van der Waals surface area contributed by atoms with E-state index in [2.05, 4.69) is 93.7 Å². The van der Waals surface area contributed by atoms with Crippen molar-refractivity contribution in [2.45, 2.75) is 297 Å². The quantitative estimate of drug-likeness (QED) is 0.0262. The zero-order valence-electron chi connectivity index (χ0n) is 45.6. The number of hydrogen-bond acceptors (Lipinski definition) is 6. The van der Waals surface area contributed by atoms with E-state index in [0.717, 1.165) is 103 Å². The molecule has 69 heavy (non-hydrogen) atoms. The summed E-state index contributed by atoms with van der Waals surface area (Å²) < 4.78 is 16.8. The maximum atomic E-state index is 12.8. The van der Waals surface area contributed by atoms with Gasteiger partial charge in [-0.2, -0.15) is 0 Å². The molecule has 0 fully saturated rings. The number of esters is 3. The normalized spacial score (nSPS) is 12.6. The zero-order chi connectivity index (χ0) is 50.0. The first-order chi connectivity index (χ1) is 34.0. The van der Waals surface area contributed by atoms with Crippen LogP contribution in [0.1, 0.15) is 290 Å². The fourth-order valence-electron chi connectivity index (χ4n) is 8.22. The Hall–Kier alpha value is -3.15. The van der Waals surface area contributed by atoms with E-state index in [1.165, 1.54) is 148 Å². The van der Waals surface area contributed by atoms with Gasteiger partial charge in [-0.05, 0) is 96.3 Å². The summed E-state index contributed by atoms with van der Waals surface area (Å²) in [6, 6.07) is 0. The molecular weight excluding hydrogens is 853 g/mol. The van der Waals surface area contributed by atoms with Crippen LogP contribution in [0.25, 0.3) is 0 Å². The molecule has 1 atom stereocenters. The predicted molar refractivity (Wildman–Crippen MR) is 298 cm³/mol. The van der Waals surface area contributed by atoms with Gasteiger partial charge in [0.05, 0.1) is 0 Å². The van der Waals surface area contributed by atoms with Crippen molar-refractivity contribution in [2.24, 2.45) is 0 Å². The summed E-state index contributed by atoms with van der Waals surface area (Å²) in [5, 5.41) is 0. The van der Waals surface area contributed by atoms with Crippen LogP contribution in [0.3, 0.4) is 0 Å². The molecule has 0 heterocycles. The lowest BCUT2D eigenvalue weighted by Crippen LogP contribution is -2.30. The number of carbonyl (C=O) groups is 3. The molecule has 0 aliphatic carbocycles. The van der Waals surface area contributed by atoms with Gasteiger partial charge in [0.25, 0.3) is 0 Å². The number of ether oxygens (including phenoxy) is 3. The van der Waals surface area contributed by atoms with Crippen LogP contribution in [0.4, 0.5) is 0 Å². The highest BCUT2D eigenvalue weighted by atomic mass is 16.6. The molecule has 0 amide bonds. The summed E-state index contributed by atoms with van der Waals surface area (Å²) >= 11 is 0. The van der Waals surface area contributed by atoms with Gasteiger partial charge in [-0.1, -0.05) is 248 Å². The Balaban J connectivity index is 4.30. The second-order valence-corrected chi connectivity index (χ2v) is 19.6. The van der Waals surface area contributed by atoms with Crippen molar-refractivity contribution in [1.29, 1.82) is 0 Å². The predicted octanol–water partition coefficient (Wildman–Crippen LogP) is 19.8. The van der Waals surface area contributed by atoms with Crippen molar-refractivity contribution in [3.05, 3.63) is 72.9 Å². The second kappa shape index (κ2) is 57.4. The van der Waals surface area contributed by atoms with Crippen LogP contribution >= 0.6 is 0 Å². The van der Waals surface area contributed by atoms with Gasteiger partial charge in [-0.15, -0.1) is 0 Å². The lowest BCUT2D eigenvalue weighted by molar-refractivity contribution is -0.167. The van der Waals surface area contributed by atoms with Crippen LogP contribution in [-0.2, 0) is 28.6 Å². The van der Waals surface area contributed by atoms with Crippen LogP contribution < -0.4 is 0 Å². The third-order valence-corrected chi connectivity index (χ3v) is 12.7. The minimum absolute atomic E-state index is 0.0817. The van der Waals surface area contributed by atoms with E-state index >= 15 is 0 Å². The van der Waals surface area contributed by atoms with Crippen LogP contribution in [0.15, 0.2) is 72.9 Å². The molecule has 0 spiro atoms. The molecule has 0 aliphatic rings. The van der Waals surface area contributed by atoms with Crippen LogP contribution in [0.2, 0.25) is 0 Å². The molecule has 398 valence electrons. The van der Waals surface area contributed by atoms with Gasteiger partial charge in [-0.3, -0.25) is 14.4 Å². The minimum Gasteiger partial charge on any atom is -0.462 e. The Morgan fingerprint density at radius 3 is 0.841 bits per heavy atom. The van der Waals surface area contributed by atoms with Crippen LogP contribution in [-0.4, -0.2) is 37.2 Å². The highest BCUT2D eigenvalue weighted by Crippen LogP contribution is 2.15. The number of carbonyl (C=O) groups excluding carboxylic acids is 3. The van der Waals surface area contributed by atoms with Crippen molar-refractivity contribution in [2.75, 3.05) is 13.2 Å². The van der Waals surface area contributed by atoms with E-state index in [1.54, 1.807) is 0 Å². The molecule has 0 aromatic rings. The summed E-state index contributed by atoms with van der Waals surface area (Å²) in [5.41, 5.74) is 0. The van der Waals surface area contributed by atoms with Gasteiger partial charge in [0.15, 0.2) is 6.10 Å². The topological polar surface area (TPSA) is 78.9 Å². The molecule has 6 heteroatoms. The molecular formula is C63H110O6. The molecule has 0 N–H and O–H groups in total. The average molecular weight is 964 g/mol. The number of allylic oxidation sites excluding steroid dienone is 12. The molecule has 6 nitrogen and oxygen atoms in total. The first-order valence-electron chi connectivity index (χ1n) is 29.4. The fourth-order valence-corrected chi connectivity index (χ4v) is 8.22. The molecule has 0 saturated carbocycles. The first kappa shape index (κ1) is 65.8. The minimum atomic E-state index is -0.784. The average Bonchev–Trinajstić information content (AvgIpc) is 3.35. The Morgan fingerprint density at radius 1 is 0.290 bits per heavy atom. The third kappa shape index (κ3) is 55.6. The maximum absolute atomic E-state index is 12.8. The van der Waals surface area contributed by atoms with Gasteiger partial charge >= 0.3 is 17.9 Å². The summed E-state index contributed by atoms with van der Waals surface area (Å²) in [6.45, 7) is 6.58. The standard InChI is InChI=1S/C63H110O6/c1-4-7-10-13-16-19-21-23-25-27-29-30-31-32-34-35-37-39-41-44-47-50-53-56-62(65)68-59-60(58-67-61(64)55-52-49-46-43-18-15-12-9-6-3)69-63(66)57-54-51-48-45-42-40-38-36-33-28-26-24-22-20-17-14-11-8-5-2/h17,20-21,23-24,26-27,29,31-33,36,60H,4-16,18-19,22,25,28,30,34-35,37-59H2,1-3H3/b20-17-,23-21-,26-24-,29-27-,32-31-,36-33-. The van der Waals surface area contributed by atoms with Gasteiger partial charge in [0.2, 0.25) is 0 Å². The van der Waals surface area contributed by atoms with Crippen molar-refractivity contribution in [3.8, 4) is 0 Å². The Morgan fingerprint density at radius 2 is 0.522 bits per heavy atom.